The molecule has 2 aromatic rings. The predicted molar refractivity (Wildman–Crippen MR) is 63.2 cm³/mol. The molecular formula is C11H15N5O. The lowest BCUT2D eigenvalue weighted by atomic mass is 9.92. The molecule has 3 rings (SSSR count). The molecule has 0 spiro atoms. The molecule has 3 N–H and O–H groups in total. The van der Waals surface area contributed by atoms with E-state index in [0.717, 1.165) is 25.7 Å². The van der Waals surface area contributed by atoms with Gasteiger partial charge in [-0.15, -0.1) is 0 Å². The largest absolute Gasteiger partial charge is 0.391 e. The van der Waals surface area contributed by atoms with Gasteiger partial charge in [-0.1, -0.05) is 12.8 Å². The SMILES string of the molecule is Nc1ncnc2c1ncn2C1CCCCC1O. The Morgan fingerprint density at radius 1 is 1.24 bits per heavy atom. The van der Waals surface area contributed by atoms with Crippen LogP contribution in [0.3, 0.4) is 0 Å². The lowest BCUT2D eigenvalue weighted by Gasteiger charge is -2.28. The first kappa shape index (κ1) is 10.5. The van der Waals surface area contributed by atoms with Gasteiger partial charge in [-0.2, -0.15) is 0 Å². The van der Waals surface area contributed by atoms with Gasteiger partial charge in [-0.3, -0.25) is 0 Å². The number of aromatic nitrogens is 4. The van der Waals surface area contributed by atoms with E-state index in [1.807, 2.05) is 4.57 Å². The number of nitrogens with zero attached hydrogens (tertiary/aromatic N) is 4. The molecule has 6 heteroatoms. The Morgan fingerprint density at radius 3 is 2.88 bits per heavy atom. The third-order valence-electron chi connectivity index (χ3n) is 3.44. The van der Waals surface area contributed by atoms with Gasteiger partial charge in [-0.05, 0) is 12.8 Å². The number of hydrogen-bond donors (Lipinski definition) is 2. The standard InChI is InChI=1S/C11H15N5O/c12-10-9-11(14-5-13-10)16(6-15-9)7-3-1-2-4-8(7)17/h5-8,17H,1-4H2,(H2,12,13,14). The number of aliphatic hydroxyl groups is 1. The Kier molecular flexibility index (Phi) is 2.44. The summed E-state index contributed by atoms with van der Waals surface area (Å²) < 4.78 is 1.93. The highest BCUT2D eigenvalue weighted by Crippen LogP contribution is 2.31. The second-order valence-corrected chi connectivity index (χ2v) is 4.50. The number of nitrogens with two attached hydrogens (primary N) is 1. The number of aliphatic hydroxyl groups excluding tert-OH is 1. The zero-order valence-corrected chi connectivity index (χ0v) is 9.45. The van der Waals surface area contributed by atoms with Crippen molar-refractivity contribution >= 4 is 17.0 Å². The van der Waals surface area contributed by atoms with Crippen LogP contribution in [0, 0.1) is 0 Å². The smallest absolute Gasteiger partial charge is 0.165 e. The van der Waals surface area contributed by atoms with Gasteiger partial charge in [0.05, 0.1) is 18.5 Å². The van der Waals surface area contributed by atoms with E-state index in [0.29, 0.717) is 17.0 Å². The van der Waals surface area contributed by atoms with Crippen molar-refractivity contribution in [1.29, 1.82) is 0 Å². The average molecular weight is 233 g/mol. The van der Waals surface area contributed by atoms with Crippen LogP contribution in [-0.2, 0) is 0 Å². The maximum Gasteiger partial charge on any atom is 0.165 e. The van der Waals surface area contributed by atoms with Crippen molar-refractivity contribution in [1.82, 2.24) is 19.5 Å². The summed E-state index contributed by atoms with van der Waals surface area (Å²) in [5.74, 6) is 0.388. The summed E-state index contributed by atoms with van der Waals surface area (Å²) in [5.41, 5.74) is 7.07. The summed E-state index contributed by atoms with van der Waals surface area (Å²) >= 11 is 0. The van der Waals surface area contributed by atoms with E-state index >= 15 is 0 Å². The van der Waals surface area contributed by atoms with Crippen LogP contribution in [-0.4, -0.2) is 30.7 Å². The number of hydrogen-bond acceptors (Lipinski definition) is 5. The van der Waals surface area contributed by atoms with E-state index in [2.05, 4.69) is 15.0 Å². The molecule has 0 aliphatic heterocycles. The van der Waals surface area contributed by atoms with E-state index in [-0.39, 0.29) is 12.1 Å². The van der Waals surface area contributed by atoms with E-state index in [1.165, 1.54) is 6.33 Å². The molecule has 0 saturated heterocycles. The van der Waals surface area contributed by atoms with Crippen LogP contribution in [0.15, 0.2) is 12.7 Å². The van der Waals surface area contributed by atoms with Gasteiger partial charge in [0, 0.05) is 0 Å². The molecule has 0 aromatic carbocycles. The van der Waals surface area contributed by atoms with Crippen molar-refractivity contribution in [3.05, 3.63) is 12.7 Å². The second-order valence-electron chi connectivity index (χ2n) is 4.50. The van der Waals surface area contributed by atoms with E-state index in [1.54, 1.807) is 6.33 Å². The molecule has 1 aliphatic rings. The summed E-state index contributed by atoms with van der Waals surface area (Å²) in [6.45, 7) is 0. The molecule has 0 amide bonds. The highest BCUT2D eigenvalue weighted by atomic mass is 16.3. The van der Waals surface area contributed by atoms with Crippen molar-refractivity contribution in [2.45, 2.75) is 37.8 Å². The van der Waals surface area contributed by atoms with E-state index in [9.17, 15) is 5.11 Å². The van der Waals surface area contributed by atoms with Crippen molar-refractivity contribution in [2.75, 3.05) is 5.73 Å². The fourth-order valence-electron chi connectivity index (χ4n) is 2.53. The number of imidazole rings is 1. The second kappa shape index (κ2) is 3.96. The van der Waals surface area contributed by atoms with Crippen molar-refractivity contribution < 1.29 is 5.11 Å². The third-order valence-corrected chi connectivity index (χ3v) is 3.44. The monoisotopic (exact) mass is 233 g/mol. The van der Waals surface area contributed by atoms with Crippen molar-refractivity contribution in [3.8, 4) is 0 Å². The molecule has 6 nitrogen and oxygen atoms in total. The van der Waals surface area contributed by atoms with Crippen molar-refractivity contribution in [3.63, 3.8) is 0 Å². The topological polar surface area (TPSA) is 89.9 Å². The Labute approximate surface area is 98.5 Å². The fraction of sp³-hybridized carbons (Fsp3) is 0.545. The van der Waals surface area contributed by atoms with Crippen LogP contribution in [0.4, 0.5) is 5.82 Å². The van der Waals surface area contributed by atoms with E-state index < -0.39 is 0 Å². The minimum absolute atomic E-state index is 0.0584. The molecule has 2 atom stereocenters. The Balaban J connectivity index is 2.08. The molecule has 2 unspecified atom stereocenters. The lowest BCUT2D eigenvalue weighted by molar-refractivity contribution is 0.0770. The normalized spacial score (nSPS) is 25.2. The molecule has 2 aromatic heterocycles. The zero-order chi connectivity index (χ0) is 11.8. The Hall–Kier alpha value is -1.69. The number of anilines is 1. The lowest BCUT2D eigenvalue weighted by Crippen LogP contribution is -2.27. The average Bonchev–Trinajstić information content (AvgIpc) is 2.75. The van der Waals surface area contributed by atoms with Crippen LogP contribution < -0.4 is 5.73 Å². The van der Waals surface area contributed by atoms with Crippen molar-refractivity contribution in [2.24, 2.45) is 0 Å². The third kappa shape index (κ3) is 1.64. The highest BCUT2D eigenvalue weighted by molar-refractivity contribution is 5.81. The van der Waals surface area contributed by atoms with Gasteiger partial charge < -0.3 is 15.4 Å². The van der Waals surface area contributed by atoms with Gasteiger partial charge in [-0.25, -0.2) is 15.0 Å². The maximum atomic E-state index is 10.0. The minimum atomic E-state index is -0.322. The number of fused-ring (bicyclic) bond motifs is 1. The minimum Gasteiger partial charge on any atom is -0.391 e. The van der Waals surface area contributed by atoms with Gasteiger partial charge >= 0.3 is 0 Å². The van der Waals surface area contributed by atoms with Crippen LogP contribution in [0.1, 0.15) is 31.7 Å². The summed E-state index contributed by atoms with van der Waals surface area (Å²) in [6, 6.07) is 0.0584. The number of nitrogen functional groups attached to an aromatic ring is 1. The zero-order valence-electron chi connectivity index (χ0n) is 9.45. The van der Waals surface area contributed by atoms with Gasteiger partial charge in [0.25, 0.3) is 0 Å². The van der Waals surface area contributed by atoms with Gasteiger partial charge in [0.15, 0.2) is 11.5 Å². The van der Waals surface area contributed by atoms with Gasteiger partial charge in [0.1, 0.15) is 11.8 Å². The quantitative estimate of drug-likeness (QED) is 0.763. The molecule has 2 heterocycles. The molecule has 0 radical (unpaired) electrons. The summed E-state index contributed by atoms with van der Waals surface area (Å²) in [6.07, 6.45) is 6.82. The first-order valence-electron chi connectivity index (χ1n) is 5.88. The predicted octanol–water partition coefficient (Wildman–Crippen LogP) is 0.884. The Bertz CT molecular complexity index is 538. The van der Waals surface area contributed by atoms with Crippen LogP contribution in [0.2, 0.25) is 0 Å². The van der Waals surface area contributed by atoms with Crippen LogP contribution >= 0.6 is 0 Å². The summed E-state index contributed by atoms with van der Waals surface area (Å²) in [5, 5.41) is 10.0. The molecule has 1 fully saturated rings. The Morgan fingerprint density at radius 2 is 2.06 bits per heavy atom. The summed E-state index contributed by atoms with van der Waals surface area (Å²) in [4.78, 5) is 12.4. The maximum absolute atomic E-state index is 10.0. The first-order valence-corrected chi connectivity index (χ1v) is 5.88. The van der Waals surface area contributed by atoms with E-state index in [4.69, 9.17) is 5.73 Å². The summed E-state index contributed by atoms with van der Waals surface area (Å²) in [7, 11) is 0. The highest BCUT2D eigenvalue weighted by Gasteiger charge is 2.26. The first-order chi connectivity index (χ1) is 8.27. The molecule has 17 heavy (non-hydrogen) atoms. The van der Waals surface area contributed by atoms with Crippen LogP contribution in [0.25, 0.3) is 11.2 Å². The van der Waals surface area contributed by atoms with Crippen LogP contribution in [0.5, 0.6) is 0 Å². The molecule has 0 bridgehead atoms. The molecular weight excluding hydrogens is 218 g/mol. The molecule has 1 saturated carbocycles. The number of rotatable bonds is 1. The fourth-order valence-corrected chi connectivity index (χ4v) is 2.53. The molecule has 90 valence electrons. The molecule has 1 aliphatic carbocycles. The van der Waals surface area contributed by atoms with Gasteiger partial charge in [0.2, 0.25) is 0 Å².